The van der Waals surface area contributed by atoms with Crippen LogP contribution in [0.25, 0.3) is 0 Å². The Morgan fingerprint density at radius 2 is 1.87 bits per heavy atom. The van der Waals surface area contributed by atoms with Crippen LogP contribution in [-0.4, -0.2) is 23.7 Å². The molecule has 2 amide bonds. The van der Waals surface area contributed by atoms with Crippen LogP contribution >= 0.6 is 0 Å². The molecule has 0 bridgehead atoms. The number of hydrogen-bond acceptors (Lipinski definition) is 3. The van der Waals surface area contributed by atoms with E-state index in [1.165, 1.54) is 0 Å². The number of carboxylic acids is 1. The number of para-hydroxylation sites is 2. The topological polar surface area (TPSA) is 104 Å². The average molecular weight is 209 g/mol. The van der Waals surface area contributed by atoms with Gasteiger partial charge >= 0.3 is 12.0 Å². The molecule has 0 spiro atoms. The van der Waals surface area contributed by atoms with Crippen molar-refractivity contribution in [3.8, 4) is 0 Å². The zero-order valence-electron chi connectivity index (χ0n) is 7.86. The minimum absolute atomic E-state index is 0.225. The number of anilines is 2. The Hall–Kier alpha value is -2.24. The van der Waals surface area contributed by atoms with E-state index < -0.39 is 12.0 Å². The van der Waals surface area contributed by atoms with Gasteiger partial charge in [0.15, 0.2) is 0 Å². The van der Waals surface area contributed by atoms with E-state index in [0.717, 1.165) is 0 Å². The molecular weight excluding hydrogens is 198 g/mol. The van der Waals surface area contributed by atoms with E-state index in [0.29, 0.717) is 11.4 Å². The molecule has 0 aliphatic heterocycles. The molecule has 1 aromatic carbocycles. The summed E-state index contributed by atoms with van der Waals surface area (Å²) < 4.78 is 0. The molecule has 0 aromatic heterocycles. The van der Waals surface area contributed by atoms with Gasteiger partial charge in [-0.25, -0.2) is 4.79 Å². The zero-order valence-corrected chi connectivity index (χ0v) is 7.86. The molecular formula is C9H11N3O3. The van der Waals surface area contributed by atoms with Crippen molar-refractivity contribution in [2.75, 3.05) is 17.2 Å². The maximum Gasteiger partial charge on any atom is 0.322 e. The van der Waals surface area contributed by atoms with E-state index in [4.69, 9.17) is 10.8 Å². The summed E-state index contributed by atoms with van der Waals surface area (Å²) in [4.78, 5) is 21.0. The Balaban J connectivity index is 2.76. The van der Waals surface area contributed by atoms with Crippen LogP contribution in [0.5, 0.6) is 0 Å². The Morgan fingerprint density at radius 3 is 2.40 bits per heavy atom. The number of amides is 2. The Kier molecular flexibility index (Phi) is 3.50. The van der Waals surface area contributed by atoms with Gasteiger partial charge in [0.25, 0.3) is 0 Å². The molecule has 0 aliphatic carbocycles. The van der Waals surface area contributed by atoms with E-state index in [-0.39, 0.29) is 6.54 Å². The van der Waals surface area contributed by atoms with Crippen molar-refractivity contribution in [3.05, 3.63) is 24.3 Å². The molecule has 1 rings (SSSR count). The van der Waals surface area contributed by atoms with Crippen LogP contribution in [0.1, 0.15) is 0 Å². The molecule has 0 unspecified atom stereocenters. The monoisotopic (exact) mass is 209 g/mol. The molecule has 80 valence electrons. The highest BCUT2D eigenvalue weighted by atomic mass is 16.4. The molecule has 0 heterocycles. The smallest absolute Gasteiger partial charge is 0.322 e. The number of urea groups is 1. The van der Waals surface area contributed by atoms with Crippen molar-refractivity contribution in [1.82, 2.24) is 0 Å². The lowest BCUT2D eigenvalue weighted by atomic mass is 10.2. The second kappa shape index (κ2) is 4.85. The highest BCUT2D eigenvalue weighted by Crippen LogP contribution is 2.20. The van der Waals surface area contributed by atoms with Crippen molar-refractivity contribution >= 4 is 23.4 Å². The maximum atomic E-state index is 10.6. The SMILES string of the molecule is NC(=O)Nc1ccccc1NCC(=O)O. The molecule has 5 N–H and O–H groups in total. The first kappa shape index (κ1) is 10.8. The largest absolute Gasteiger partial charge is 0.480 e. The molecule has 0 radical (unpaired) electrons. The summed E-state index contributed by atoms with van der Waals surface area (Å²) in [5.41, 5.74) is 5.92. The summed E-state index contributed by atoms with van der Waals surface area (Å²) in [7, 11) is 0. The van der Waals surface area contributed by atoms with Crippen LogP contribution in [-0.2, 0) is 4.79 Å². The minimum atomic E-state index is -0.983. The molecule has 0 aliphatic rings. The van der Waals surface area contributed by atoms with Gasteiger partial charge in [0.05, 0.1) is 11.4 Å². The van der Waals surface area contributed by atoms with E-state index in [9.17, 15) is 9.59 Å². The number of carbonyl (C=O) groups excluding carboxylic acids is 1. The summed E-state index contributed by atoms with van der Waals surface area (Å²) >= 11 is 0. The van der Waals surface area contributed by atoms with Crippen LogP contribution in [0.2, 0.25) is 0 Å². The summed E-state index contributed by atoms with van der Waals surface area (Å²) in [6, 6.07) is 6.00. The van der Waals surface area contributed by atoms with Crippen LogP contribution in [0.3, 0.4) is 0 Å². The molecule has 0 atom stereocenters. The third kappa shape index (κ3) is 3.55. The second-order valence-electron chi connectivity index (χ2n) is 2.78. The summed E-state index contributed by atoms with van der Waals surface area (Å²) in [5.74, 6) is -0.983. The van der Waals surface area contributed by atoms with Gasteiger partial charge in [-0.3, -0.25) is 4.79 Å². The zero-order chi connectivity index (χ0) is 11.3. The van der Waals surface area contributed by atoms with Gasteiger partial charge in [0.1, 0.15) is 6.54 Å². The number of rotatable bonds is 4. The first-order chi connectivity index (χ1) is 7.09. The first-order valence-corrected chi connectivity index (χ1v) is 4.20. The van der Waals surface area contributed by atoms with Crippen molar-refractivity contribution in [2.45, 2.75) is 0 Å². The third-order valence-electron chi connectivity index (χ3n) is 1.61. The lowest BCUT2D eigenvalue weighted by molar-refractivity contribution is -0.134. The fraction of sp³-hybridized carbons (Fsp3) is 0.111. The van der Waals surface area contributed by atoms with Gasteiger partial charge in [0, 0.05) is 0 Å². The van der Waals surface area contributed by atoms with E-state index in [1.54, 1.807) is 24.3 Å². The van der Waals surface area contributed by atoms with Crippen LogP contribution in [0.4, 0.5) is 16.2 Å². The molecule has 6 heteroatoms. The number of carboxylic acid groups (broad SMARTS) is 1. The van der Waals surface area contributed by atoms with Crippen molar-refractivity contribution < 1.29 is 14.7 Å². The van der Waals surface area contributed by atoms with Crippen LogP contribution in [0.15, 0.2) is 24.3 Å². The maximum absolute atomic E-state index is 10.6. The summed E-state index contributed by atoms with van der Waals surface area (Å²) in [6.45, 7) is -0.225. The lowest BCUT2D eigenvalue weighted by Gasteiger charge is -2.09. The highest BCUT2D eigenvalue weighted by molar-refractivity contribution is 5.92. The first-order valence-electron chi connectivity index (χ1n) is 4.20. The Morgan fingerprint density at radius 1 is 1.27 bits per heavy atom. The normalized spacial score (nSPS) is 9.33. The minimum Gasteiger partial charge on any atom is -0.480 e. The van der Waals surface area contributed by atoms with Crippen molar-refractivity contribution in [2.24, 2.45) is 5.73 Å². The molecule has 6 nitrogen and oxygen atoms in total. The number of nitrogens with two attached hydrogens (primary N) is 1. The summed E-state index contributed by atoms with van der Waals surface area (Å²) in [6.07, 6.45) is 0. The quantitative estimate of drug-likeness (QED) is 0.585. The van der Waals surface area contributed by atoms with Gasteiger partial charge in [-0.05, 0) is 12.1 Å². The second-order valence-corrected chi connectivity index (χ2v) is 2.78. The third-order valence-corrected chi connectivity index (χ3v) is 1.61. The average Bonchev–Trinajstić information content (AvgIpc) is 2.15. The molecule has 1 aromatic rings. The van der Waals surface area contributed by atoms with Gasteiger partial charge in [-0.15, -0.1) is 0 Å². The van der Waals surface area contributed by atoms with Crippen molar-refractivity contribution in [1.29, 1.82) is 0 Å². The van der Waals surface area contributed by atoms with Crippen LogP contribution in [0, 0.1) is 0 Å². The van der Waals surface area contributed by atoms with E-state index in [1.807, 2.05) is 0 Å². The van der Waals surface area contributed by atoms with Gasteiger partial charge in [-0.2, -0.15) is 0 Å². The fourth-order valence-corrected chi connectivity index (χ4v) is 1.05. The molecule has 0 fully saturated rings. The predicted molar refractivity (Wildman–Crippen MR) is 55.8 cm³/mol. The van der Waals surface area contributed by atoms with Gasteiger partial charge < -0.3 is 21.5 Å². The van der Waals surface area contributed by atoms with E-state index in [2.05, 4.69) is 10.6 Å². The number of benzene rings is 1. The summed E-state index contributed by atoms with van der Waals surface area (Å²) in [5, 5.41) is 13.5. The number of hydrogen-bond donors (Lipinski definition) is 4. The number of carbonyl (C=O) groups is 2. The number of primary amides is 1. The Bertz CT molecular complexity index is 379. The van der Waals surface area contributed by atoms with E-state index >= 15 is 0 Å². The molecule has 0 saturated carbocycles. The number of aliphatic carboxylic acids is 1. The van der Waals surface area contributed by atoms with Crippen LogP contribution < -0.4 is 16.4 Å². The fourth-order valence-electron chi connectivity index (χ4n) is 1.05. The van der Waals surface area contributed by atoms with Crippen molar-refractivity contribution in [3.63, 3.8) is 0 Å². The molecule has 0 saturated heterocycles. The molecule has 15 heavy (non-hydrogen) atoms. The predicted octanol–water partition coefficient (Wildman–Crippen LogP) is 0.674. The highest BCUT2D eigenvalue weighted by Gasteiger charge is 2.04. The Labute approximate surface area is 86.1 Å². The standard InChI is InChI=1S/C9H11N3O3/c10-9(15)12-7-4-2-1-3-6(7)11-5-8(13)14/h1-4,11H,5H2,(H,13,14)(H3,10,12,15). The van der Waals surface area contributed by atoms with Gasteiger partial charge in [0.2, 0.25) is 0 Å². The van der Waals surface area contributed by atoms with Gasteiger partial charge in [-0.1, -0.05) is 12.1 Å². The number of nitrogens with one attached hydrogen (secondary N) is 2. The lowest BCUT2D eigenvalue weighted by Crippen LogP contribution is -2.21.